The zero-order chi connectivity index (χ0) is 15.5. The van der Waals surface area contributed by atoms with Crippen molar-refractivity contribution in [3.63, 3.8) is 0 Å². The molecule has 3 N–H and O–H groups in total. The summed E-state index contributed by atoms with van der Waals surface area (Å²) in [6.45, 7) is 10.8. The number of likely N-dealkylation sites (tertiary alicyclic amines) is 1. The van der Waals surface area contributed by atoms with E-state index in [1.54, 1.807) is 0 Å². The van der Waals surface area contributed by atoms with Crippen molar-refractivity contribution in [3.8, 4) is 0 Å². The van der Waals surface area contributed by atoms with Crippen LogP contribution in [0.4, 0.5) is 0 Å². The van der Waals surface area contributed by atoms with Gasteiger partial charge in [-0.3, -0.25) is 9.69 Å². The minimum atomic E-state index is -0.180. The number of nitrogens with two attached hydrogens (primary N) is 1. The molecule has 1 aliphatic rings. The van der Waals surface area contributed by atoms with Gasteiger partial charge in [0.1, 0.15) is 0 Å². The number of hydrogen-bond acceptors (Lipinski definition) is 4. The highest BCUT2D eigenvalue weighted by molar-refractivity contribution is 5.77. The van der Waals surface area contributed by atoms with E-state index in [9.17, 15) is 4.79 Å². The molecule has 1 aliphatic heterocycles. The van der Waals surface area contributed by atoms with Crippen LogP contribution in [-0.2, 0) is 4.79 Å². The topological polar surface area (TPSA) is 61.6 Å². The van der Waals surface area contributed by atoms with Crippen molar-refractivity contribution in [1.29, 1.82) is 0 Å². The Morgan fingerprint density at radius 2 is 2.00 bits per heavy atom. The monoisotopic (exact) mass is 284 g/mol. The van der Waals surface area contributed by atoms with Gasteiger partial charge in [0.05, 0.1) is 0 Å². The largest absolute Gasteiger partial charge is 0.351 e. The molecular weight excluding hydrogens is 252 g/mol. The van der Waals surface area contributed by atoms with Crippen LogP contribution >= 0.6 is 0 Å². The molecule has 1 fully saturated rings. The van der Waals surface area contributed by atoms with Crippen LogP contribution in [0.25, 0.3) is 0 Å². The second-order valence-electron chi connectivity index (χ2n) is 7.35. The minimum absolute atomic E-state index is 0.0916. The quantitative estimate of drug-likeness (QED) is 0.772. The molecule has 0 saturated carbocycles. The molecule has 20 heavy (non-hydrogen) atoms. The first-order valence-corrected chi connectivity index (χ1v) is 7.55. The molecule has 5 heteroatoms. The lowest BCUT2D eigenvalue weighted by Gasteiger charge is -2.29. The van der Waals surface area contributed by atoms with Gasteiger partial charge in [0.25, 0.3) is 0 Å². The van der Waals surface area contributed by atoms with Gasteiger partial charge in [-0.15, -0.1) is 0 Å². The predicted octanol–water partition coefficient (Wildman–Crippen LogP) is 0.500. The maximum Gasteiger partial charge on any atom is 0.222 e. The molecule has 3 unspecified atom stereocenters. The molecule has 1 rings (SSSR count). The van der Waals surface area contributed by atoms with Crippen LogP contribution in [0.3, 0.4) is 0 Å². The molecule has 118 valence electrons. The van der Waals surface area contributed by atoms with Gasteiger partial charge in [-0.1, -0.05) is 6.92 Å². The number of carbonyl (C=O) groups is 1. The van der Waals surface area contributed by atoms with Gasteiger partial charge < -0.3 is 16.0 Å². The van der Waals surface area contributed by atoms with Crippen LogP contribution < -0.4 is 11.1 Å². The summed E-state index contributed by atoms with van der Waals surface area (Å²) in [6.07, 6.45) is 0.487. The van der Waals surface area contributed by atoms with Crippen LogP contribution in [0.1, 0.15) is 34.1 Å². The van der Waals surface area contributed by atoms with Crippen LogP contribution in [0, 0.1) is 5.92 Å². The standard InChI is InChI=1S/C15H32N4O/c1-11-9-19(10-13(11)18(5)6)12(8-16)7-14(20)17-15(2,3)4/h11-13H,7-10,16H2,1-6H3,(H,17,20). The molecule has 5 nitrogen and oxygen atoms in total. The molecule has 0 radical (unpaired) electrons. The molecule has 0 aromatic rings. The molecule has 0 aromatic heterocycles. The van der Waals surface area contributed by atoms with Crippen molar-refractivity contribution >= 4 is 5.91 Å². The van der Waals surface area contributed by atoms with Crippen molar-refractivity contribution in [2.24, 2.45) is 11.7 Å². The Morgan fingerprint density at radius 1 is 1.40 bits per heavy atom. The van der Waals surface area contributed by atoms with E-state index in [-0.39, 0.29) is 17.5 Å². The number of rotatable bonds is 5. The SMILES string of the molecule is CC1CN(C(CN)CC(=O)NC(C)(C)C)CC1N(C)C. The highest BCUT2D eigenvalue weighted by Crippen LogP contribution is 2.22. The van der Waals surface area contributed by atoms with Crippen molar-refractivity contribution in [2.45, 2.75) is 51.7 Å². The van der Waals surface area contributed by atoms with Crippen molar-refractivity contribution in [3.05, 3.63) is 0 Å². The van der Waals surface area contributed by atoms with Crippen LogP contribution in [-0.4, -0.2) is 67.1 Å². The third-order valence-electron chi connectivity index (χ3n) is 3.99. The zero-order valence-electron chi connectivity index (χ0n) is 13.9. The summed E-state index contributed by atoms with van der Waals surface area (Å²) in [7, 11) is 4.24. The molecule has 1 heterocycles. The van der Waals surface area contributed by atoms with Crippen LogP contribution in [0.5, 0.6) is 0 Å². The number of amides is 1. The lowest BCUT2D eigenvalue weighted by molar-refractivity contribution is -0.123. The van der Waals surface area contributed by atoms with Gasteiger partial charge in [0.2, 0.25) is 5.91 Å². The number of likely N-dealkylation sites (N-methyl/N-ethyl adjacent to an activating group) is 1. The molecule has 1 saturated heterocycles. The Kier molecular flexibility index (Phi) is 5.98. The highest BCUT2D eigenvalue weighted by Gasteiger charge is 2.35. The molecule has 0 aliphatic carbocycles. The van der Waals surface area contributed by atoms with Gasteiger partial charge in [0.15, 0.2) is 0 Å². The molecular formula is C15H32N4O. The Labute approximate surface area is 123 Å². The Balaban J connectivity index is 2.57. The van der Waals surface area contributed by atoms with E-state index in [1.807, 2.05) is 20.8 Å². The first kappa shape index (κ1) is 17.4. The van der Waals surface area contributed by atoms with Crippen molar-refractivity contribution in [2.75, 3.05) is 33.7 Å². The van der Waals surface area contributed by atoms with E-state index in [4.69, 9.17) is 5.73 Å². The molecule has 0 spiro atoms. The summed E-state index contributed by atoms with van der Waals surface area (Å²) in [5.41, 5.74) is 5.72. The van der Waals surface area contributed by atoms with E-state index in [1.165, 1.54) is 0 Å². The minimum Gasteiger partial charge on any atom is -0.351 e. The third kappa shape index (κ3) is 5.04. The second-order valence-corrected chi connectivity index (χ2v) is 7.35. The Morgan fingerprint density at radius 3 is 2.40 bits per heavy atom. The molecule has 1 amide bonds. The fourth-order valence-corrected chi connectivity index (χ4v) is 3.00. The van der Waals surface area contributed by atoms with E-state index in [0.29, 0.717) is 24.9 Å². The van der Waals surface area contributed by atoms with E-state index in [2.05, 4.69) is 36.1 Å². The number of nitrogens with one attached hydrogen (secondary N) is 1. The van der Waals surface area contributed by atoms with Gasteiger partial charge in [-0.05, 0) is 40.8 Å². The van der Waals surface area contributed by atoms with Crippen LogP contribution in [0.2, 0.25) is 0 Å². The summed E-state index contributed by atoms with van der Waals surface area (Å²) in [6, 6.07) is 0.694. The van der Waals surface area contributed by atoms with Crippen molar-refractivity contribution in [1.82, 2.24) is 15.1 Å². The predicted molar refractivity (Wildman–Crippen MR) is 83.6 cm³/mol. The van der Waals surface area contributed by atoms with Gasteiger partial charge in [0, 0.05) is 43.7 Å². The van der Waals surface area contributed by atoms with Gasteiger partial charge in [-0.25, -0.2) is 0 Å². The maximum absolute atomic E-state index is 12.1. The second kappa shape index (κ2) is 6.87. The fourth-order valence-electron chi connectivity index (χ4n) is 3.00. The number of nitrogens with zero attached hydrogens (tertiary/aromatic N) is 2. The molecule has 3 atom stereocenters. The summed E-state index contributed by atoms with van der Waals surface area (Å²) in [5, 5.41) is 3.02. The van der Waals surface area contributed by atoms with Gasteiger partial charge >= 0.3 is 0 Å². The molecule has 0 aromatic carbocycles. The first-order valence-electron chi connectivity index (χ1n) is 7.55. The van der Waals surface area contributed by atoms with Gasteiger partial charge in [-0.2, -0.15) is 0 Å². The van der Waals surface area contributed by atoms with E-state index < -0.39 is 0 Å². The third-order valence-corrected chi connectivity index (χ3v) is 3.99. The zero-order valence-corrected chi connectivity index (χ0v) is 13.9. The highest BCUT2D eigenvalue weighted by atomic mass is 16.1. The summed E-state index contributed by atoms with van der Waals surface area (Å²) >= 11 is 0. The van der Waals surface area contributed by atoms with E-state index >= 15 is 0 Å². The fraction of sp³-hybridized carbons (Fsp3) is 0.933. The Hall–Kier alpha value is -0.650. The maximum atomic E-state index is 12.1. The van der Waals surface area contributed by atoms with Crippen molar-refractivity contribution < 1.29 is 4.79 Å². The number of hydrogen-bond donors (Lipinski definition) is 2. The first-order chi connectivity index (χ1) is 9.14. The van der Waals surface area contributed by atoms with E-state index in [0.717, 1.165) is 13.1 Å². The average molecular weight is 284 g/mol. The lowest BCUT2D eigenvalue weighted by atomic mass is 10.1. The normalized spacial score (nSPS) is 26.0. The smallest absolute Gasteiger partial charge is 0.222 e. The summed E-state index contributed by atoms with van der Waals surface area (Å²) < 4.78 is 0. The Bertz CT molecular complexity index is 324. The molecule has 0 bridgehead atoms. The number of carbonyl (C=O) groups excluding carboxylic acids is 1. The summed E-state index contributed by atoms with van der Waals surface area (Å²) in [4.78, 5) is 16.7. The average Bonchev–Trinajstić information content (AvgIpc) is 2.65. The van der Waals surface area contributed by atoms with Crippen LogP contribution in [0.15, 0.2) is 0 Å². The lowest BCUT2D eigenvalue weighted by Crippen LogP contribution is -2.47. The summed E-state index contributed by atoms with van der Waals surface area (Å²) in [5.74, 6) is 0.707.